The molecule has 1 aliphatic heterocycles. The van der Waals surface area contributed by atoms with Crippen LogP contribution in [0.2, 0.25) is 0 Å². The molecule has 0 saturated heterocycles. The fourth-order valence-electron chi connectivity index (χ4n) is 4.23. The maximum Gasteiger partial charge on any atom is 0.158 e. The van der Waals surface area contributed by atoms with Gasteiger partial charge in [0.25, 0.3) is 0 Å². The molecular weight excluding hydrogens is 366 g/mol. The Morgan fingerprint density at radius 1 is 1.17 bits per heavy atom. The average molecular weight is 393 g/mol. The first-order valence-electron chi connectivity index (χ1n) is 10.4. The molecule has 1 aliphatic carbocycles. The second kappa shape index (κ2) is 7.33. The van der Waals surface area contributed by atoms with Gasteiger partial charge >= 0.3 is 0 Å². The third-order valence-corrected chi connectivity index (χ3v) is 5.94. The van der Waals surface area contributed by atoms with Crippen LogP contribution in [0.1, 0.15) is 59.5 Å². The average Bonchev–Trinajstić information content (AvgIpc) is 3.53. The second-order valence-electron chi connectivity index (χ2n) is 8.08. The molecule has 0 bridgehead atoms. The molecule has 0 spiro atoms. The van der Waals surface area contributed by atoms with E-state index >= 15 is 0 Å². The van der Waals surface area contributed by atoms with Crippen LogP contribution >= 0.6 is 0 Å². The summed E-state index contributed by atoms with van der Waals surface area (Å²) >= 11 is 0. The number of hydrogen-bond donors (Lipinski definition) is 0. The molecule has 0 atom stereocenters. The molecule has 1 saturated carbocycles. The number of rotatable bonds is 6. The number of ether oxygens (including phenoxy) is 1. The lowest BCUT2D eigenvalue weighted by Crippen LogP contribution is -2.33. The summed E-state index contributed by atoms with van der Waals surface area (Å²) in [5.74, 6) is 3.47. The van der Waals surface area contributed by atoms with Crippen LogP contribution < -0.4 is 4.90 Å². The van der Waals surface area contributed by atoms with Crippen molar-refractivity contribution in [3.63, 3.8) is 0 Å². The zero-order valence-electron chi connectivity index (χ0n) is 17.4. The summed E-state index contributed by atoms with van der Waals surface area (Å²) in [4.78, 5) is 21.5. The van der Waals surface area contributed by atoms with E-state index in [0.29, 0.717) is 5.92 Å². The molecule has 0 radical (unpaired) electrons. The van der Waals surface area contributed by atoms with Gasteiger partial charge in [0.15, 0.2) is 5.82 Å². The quantitative estimate of drug-likeness (QED) is 0.595. The summed E-state index contributed by atoms with van der Waals surface area (Å²) in [7, 11) is 1.73. The predicted molar refractivity (Wildman–Crippen MR) is 109 cm³/mol. The molecule has 0 amide bonds. The minimum atomic E-state index is 0.586. The molecule has 8 heteroatoms. The van der Waals surface area contributed by atoms with Crippen molar-refractivity contribution >= 4 is 11.3 Å². The van der Waals surface area contributed by atoms with Crippen molar-refractivity contribution in [2.45, 2.75) is 58.4 Å². The lowest BCUT2D eigenvalue weighted by Gasteiger charge is -2.30. The number of hydrogen-bond acceptors (Lipinski definition) is 7. The molecule has 29 heavy (non-hydrogen) atoms. The molecule has 0 unspecified atom stereocenters. The van der Waals surface area contributed by atoms with Crippen LogP contribution in [-0.4, -0.2) is 49.8 Å². The number of anilines is 1. The van der Waals surface area contributed by atoms with Gasteiger partial charge in [-0.05, 0) is 39.5 Å². The maximum absolute atomic E-state index is 5.22. The molecule has 3 aromatic rings. The largest absolute Gasteiger partial charge is 0.385 e. The van der Waals surface area contributed by atoms with Gasteiger partial charge in [-0.3, -0.25) is 0 Å². The fourth-order valence-corrected chi connectivity index (χ4v) is 4.23. The Balaban J connectivity index is 1.50. The van der Waals surface area contributed by atoms with E-state index < -0.39 is 0 Å². The summed E-state index contributed by atoms with van der Waals surface area (Å²) < 4.78 is 7.14. The smallest absolute Gasteiger partial charge is 0.158 e. The molecule has 1 fully saturated rings. The van der Waals surface area contributed by atoms with Gasteiger partial charge in [0.05, 0.1) is 11.4 Å². The van der Waals surface area contributed by atoms with E-state index in [1.165, 1.54) is 24.1 Å². The van der Waals surface area contributed by atoms with Crippen molar-refractivity contribution in [3.8, 4) is 0 Å². The number of nitrogens with zero attached hydrogens (tertiary/aromatic N) is 7. The van der Waals surface area contributed by atoms with E-state index in [1.54, 1.807) is 13.4 Å². The van der Waals surface area contributed by atoms with Crippen molar-refractivity contribution in [2.75, 3.05) is 25.2 Å². The molecule has 3 aromatic heterocycles. The third kappa shape index (κ3) is 3.35. The Hall–Kier alpha value is -2.61. The van der Waals surface area contributed by atoms with Crippen LogP contribution in [0, 0.1) is 13.8 Å². The first-order valence-corrected chi connectivity index (χ1v) is 10.4. The van der Waals surface area contributed by atoms with E-state index in [-0.39, 0.29) is 0 Å². The lowest BCUT2D eigenvalue weighted by atomic mass is 10.0. The molecule has 0 aromatic carbocycles. The van der Waals surface area contributed by atoms with Crippen LogP contribution in [0.25, 0.3) is 5.52 Å². The van der Waals surface area contributed by atoms with Crippen molar-refractivity contribution in [3.05, 3.63) is 40.6 Å². The molecule has 8 nitrogen and oxygen atoms in total. The normalized spacial score (nSPS) is 16.4. The first-order chi connectivity index (χ1) is 14.2. The molecule has 0 N–H and O–H groups in total. The Morgan fingerprint density at radius 2 is 2.03 bits per heavy atom. The van der Waals surface area contributed by atoms with E-state index in [2.05, 4.69) is 21.9 Å². The highest BCUT2D eigenvalue weighted by atomic mass is 16.5. The van der Waals surface area contributed by atoms with Crippen LogP contribution in [0.3, 0.4) is 0 Å². The number of aryl methyl sites for hydroxylation is 3. The van der Waals surface area contributed by atoms with E-state index in [4.69, 9.17) is 19.7 Å². The van der Waals surface area contributed by atoms with Crippen molar-refractivity contribution in [2.24, 2.45) is 0 Å². The standard InChI is InChI=1S/C21H27N7O/c1-13-16-11-27(9-8-17(16)26-20(24-13)15-6-7-15)21-19-18(5-4-10-29-3)25-14(2)28(19)23-12-22-21/h12,15H,4-11H2,1-3H3. The third-order valence-electron chi connectivity index (χ3n) is 5.94. The maximum atomic E-state index is 5.22. The second-order valence-corrected chi connectivity index (χ2v) is 8.08. The summed E-state index contributed by atoms with van der Waals surface area (Å²) in [6.07, 6.45) is 6.79. The van der Waals surface area contributed by atoms with Gasteiger partial charge in [0.2, 0.25) is 0 Å². The van der Waals surface area contributed by atoms with Crippen molar-refractivity contribution in [1.82, 2.24) is 29.5 Å². The molecular formula is C21H27N7O. The van der Waals surface area contributed by atoms with E-state index in [9.17, 15) is 0 Å². The zero-order chi connectivity index (χ0) is 20.0. The number of aromatic nitrogens is 6. The molecule has 2 aliphatic rings. The van der Waals surface area contributed by atoms with Gasteiger partial charge in [0.1, 0.15) is 23.5 Å². The van der Waals surface area contributed by atoms with Crippen LogP contribution in [0.4, 0.5) is 5.82 Å². The van der Waals surface area contributed by atoms with Gasteiger partial charge in [-0.15, -0.1) is 0 Å². The summed E-state index contributed by atoms with van der Waals surface area (Å²) in [5, 5.41) is 4.45. The monoisotopic (exact) mass is 393 g/mol. The highest BCUT2D eigenvalue weighted by molar-refractivity contribution is 5.72. The zero-order valence-corrected chi connectivity index (χ0v) is 17.4. The Bertz CT molecular complexity index is 1060. The number of imidazole rings is 1. The SMILES string of the molecule is COCCCc1nc(C)n2ncnc(N3CCc4nc(C5CC5)nc(C)c4C3)c12. The van der Waals surface area contributed by atoms with Gasteiger partial charge in [-0.2, -0.15) is 5.10 Å². The number of fused-ring (bicyclic) bond motifs is 2. The Morgan fingerprint density at radius 3 is 2.83 bits per heavy atom. The number of methoxy groups -OCH3 is 1. The molecule has 4 heterocycles. The lowest BCUT2D eigenvalue weighted by molar-refractivity contribution is 0.195. The predicted octanol–water partition coefficient (Wildman–Crippen LogP) is 2.55. The molecule has 152 valence electrons. The minimum absolute atomic E-state index is 0.586. The summed E-state index contributed by atoms with van der Waals surface area (Å²) in [5.41, 5.74) is 5.62. The summed E-state index contributed by atoms with van der Waals surface area (Å²) in [6, 6.07) is 0. The highest BCUT2D eigenvalue weighted by Gasteiger charge is 2.30. The van der Waals surface area contributed by atoms with Gasteiger partial charge in [-0.1, -0.05) is 0 Å². The van der Waals surface area contributed by atoms with Crippen molar-refractivity contribution in [1.29, 1.82) is 0 Å². The van der Waals surface area contributed by atoms with Crippen LogP contribution in [-0.2, 0) is 24.1 Å². The topological polar surface area (TPSA) is 81.3 Å². The Kier molecular flexibility index (Phi) is 4.66. The van der Waals surface area contributed by atoms with Gasteiger partial charge < -0.3 is 9.64 Å². The van der Waals surface area contributed by atoms with E-state index in [1.807, 2.05) is 11.4 Å². The van der Waals surface area contributed by atoms with Gasteiger partial charge in [-0.25, -0.2) is 24.5 Å². The fraction of sp³-hybridized carbons (Fsp3) is 0.571. The minimum Gasteiger partial charge on any atom is -0.385 e. The van der Waals surface area contributed by atoms with Crippen LogP contribution in [0.15, 0.2) is 6.33 Å². The Labute approximate surface area is 170 Å². The highest BCUT2D eigenvalue weighted by Crippen LogP contribution is 2.39. The van der Waals surface area contributed by atoms with Crippen molar-refractivity contribution < 1.29 is 4.74 Å². The van der Waals surface area contributed by atoms with Crippen LogP contribution in [0.5, 0.6) is 0 Å². The molecule has 5 rings (SSSR count). The first kappa shape index (κ1) is 18.4. The van der Waals surface area contributed by atoms with Gasteiger partial charge in [0, 0.05) is 50.4 Å². The van der Waals surface area contributed by atoms with E-state index in [0.717, 1.165) is 73.3 Å². The summed E-state index contributed by atoms with van der Waals surface area (Å²) in [6.45, 7) is 6.50.